The highest BCUT2D eigenvalue weighted by Gasteiger charge is 1.56. The zero-order valence-corrected chi connectivity index (χ0v) is 4.86. The van der Waals surface area contributed by atoms with Crippen molar-refractivity contribution in [1.29, 1.82) is 0 Å². The van der Waals surface area contributed by atoms with Crippen LogP contribution in [-0.4, -0.2) is 12.2 Å². The third-order valence-corrected chi connectivity index (χ3v) is 0.500. The summed E-state index contributed by atoms with van der Waals surface area (Å²) < 4.78 is 0. The van der Waals surface area contributed by atoms with Crippen LogP contribution in [0.3, 0.4) is 0 Å². The van der Waals surface area contributed by atoms with E-state index in [4.69, 9.17) is 5.11 Å². The van der Waals surface area contributed by atoms with Gasteiger partial charge in [0.1, 0.15) is 0 Å². The molecule has 0 saturated heterocycles. The number of hydrogen-bond acceptors (Lipinski definition) is 1. The van der Waals surface area contributed by atoms with Crippen molar-refractivity contribution in [3.8, 4) is 0 Å². The predicted molar refractivity (Wildman–Crippen MR) is 28.7 cm³/mol. The molecule has 0 radical (unpaired) electrons. The van der Waals surface area contributed by atoms with E-state index in [1.54, 1.807) is 0 Å². The molecule has 0 aliphatic heterocycles. The van der Waals surface area contributed by atoms with Crippen LogP contribution in [0.25, 0.3) is 0 Å². The fourth-order valence-corrected chi connectivity index (χ4v) is 0. The molecule has 0 atom stereocenters. The topological polar surface area (TPSA) is 20.2 Å². The maximum atomic E-state index is 7.00. The van der Waals surface area contributed by atoms with Crippen LogP contribution >= 0.6 is 0 Å². The highest BCUT2D eigenvalue weighted by Crippen LogP contribution is 1.76. The van der Waals surface area contributed by atoms with Crippen molar-refractivity contribution in [2.24, 2.45) is 0 Å². The maximum Gasteiger partial charge on any atom is 0.0319 e. The van der Waals surface area contributed by atoms with Crippen LogP contribution in [0.4, 0.5) is 0 Å². The van der Waals surface area contributed by atoms with Gasteiger partial charge in [0, 0.05) is 7.11 Å². The second-order valence-electron chi connectivity index (χ2n) is 1.000. The molecule has 0 aliphatic carbocycles. The molecule has 0 aliphatic rings. The molecular weight excluding hydrogens is 76.1 g/mol. The van der Waals surface area contributed by atoms with Crippen LogP contribution in [0.2, 0.25) is 0 Å². The third-order valence-electron chi connectivity index (χ3n) is 0.500. The van der Waals surface area contributed by atoms with Crippen LogP contribution < -0.4 is 0 Å². The Morgan fingerprint density at radius 1 is 1.00 bits per heavy atom. The summed E-state index contributed by atoms with van der Waals surface area (Å²) in [6.45, 7) is 4.36. The van der Waals surface area contributed by atoms with Gasteiger partial charge in [0.25, 0.3) is 0 Å². The number of unbranched alkanes of at least 4 members (excludes halogenated alkanes) is 1. The molecule has 0 fully saturated rings. The van der Waals surface area contributed by atoms with Crippen molar-refractivity contribution in [3.63, 3.8) is 0 Å². The van der Waals surface area contributed by atoms with E-state index in [2.05, 4.69) is 13.8 Å². The van der Waals surface area contributed by atoms with Crippen molar-refractivity contribution in [2.75, 3.05) is 7.11 Å². The monoisotopic (exact) mass is 90.1 g/mol. The van der Waals surface area contributed by atoms with Gasteiger partial charge in [-0.2, -0.15) is 0 Å². The van der Waals surface area contributed by atoms with Gasteiger partial charge >= 0.3 is 0 Å². The Bertz CT molecular complexity index is 5.90. The van der Waals surface area contributed by atoms with E-state index in [0.29, 0.717) is 0 Å². The van der Waals surface area contributed by atoms with Crippen LogP contribution in [0.5, 0.6) is 0 Å². The molecule has 0 spiro atoms. The first-order valence-corrected chi connectivity index (χ1v) is 2.36. The van der Waals surface area contributed by atoms with Gasteiger partial charge in [-0.3, -0.25) is 0 Å². The standard InChI is InChI=1S/C4H10.CH4O/c1-3-4-2;1-2/h3-4H2,1-2H3;2H,1H3. The van der Waals surface area contributed by atoms with E-state index in [9.17, 15) is 0 Å². The number of aliphatic hydroxyl groups excluding tert-OH is 1. The average Bonchev–Trinajstić information content (AvgIpc) is 1.72. The quantitative estimate of drug-likeness (QED) is 0.516. The smallest absolute Gasteiger partial charge is 0.0319 e. The summed E-state index contributed by atoms with van der Waals surface area (Å²) in [5.41, 5.74) is 0. The average molecular weight is 90.2 g/mol. The molecule has 0 amide bonds. The van der Waals surface area contributed by atoms with Gasteiger partial charge in [-0.1, -0.05) is 26.7 Å². The van der Waals surface area contributed by atoms with E-state index in [0.717, 1.165) is 7.11 Å². The van der Waals surface area contributed by atoms with Crippen molar-refractivity contribution in [2.45, 2.75) is 26.7 Å². The predicted octanol–water partition coefficient (Wildman–Crippen LogP) is 1.41. The summed E-state index contributed by atoms with van der Waals surface area (Å²) in [6.07, 6.45) is 2.64. The summed E-state index contributed by atoms with van der Waals surface area (Å²) >= 11 is 0. The minimum Gasteiger partial charge on any atom is -0.400 e. The van der Waals surface area contributed by atoms with E-state index in [1.165, 1.54) is 12.8 Å². The van der Waals surface area contributed by atoms with Crippen molar-refractivity contribution in [1.82, 2.24) is 0 Å². The van der Waals surface area contributed by atoms with Crippen LogP contribution in [0.15, 0.2) is 0 Å². The van der Waals surface area contributed by atoms with E-state index >= 15 is 0 Å². The lowest BCUT2D eigenvalue weighted by Crippen LogP contribution is -1.47. The van der Waals surface area contributed by atoms with Gasteiger partial charge in [0.15, 0.2) is 0 Å². The summed E-state index contributed by atoms with van der Waals surface area (Å²) in [5, 5.41) is 7.00. The van der Waals surface area contributed by atoms with Crippen LogP contribution in [-0.2, 0) is 0 Å². The molecule has 0 aromatic heterocycles. The van der Waals surface area contributed by atoms with Gasteiger partial charge < -0.3 is 5.11 Å². The summed E-state index contributed by atoms with van der Waals surface area (Å²) in [5.74, 6) is 0. The highest BCUT2D eigenvalue weighted by atomic mass is 16.2. The van der Waals surface area contributed by atoms with Crippen LogP contribution in [0.1, 0.15) is 26.7 Å². The molecular formula is C5H14O. The largest absolute Gasteiger partial charge is 0.400 e. The summed E-state index contributed by atoms with van der Waals surface area (Å²) in [6, 6.07) is 0. The Kier molecular flexibility index (Phi) is 31.6. The van der Waals surface area contributed by atoms with Crippen molar-refractivity contribution in [3.05, 3.63) is 0 Å². The minimum absolute atomic E-state index is 1.00. The number of rotatable bonds is 1. The molecule has 0 aromatic carbocycles. The lowest BCUT2D eigenvalue weighted by Gasteiger charge is -1.68. The zero-order valence-electron chi connectivity index (χ0n) is 4.86. The molecule has 0 saturated carbocycles. The molecule has 0 rings (SSSR count). The molecule has 1 N–H and O–H groups in total. The molecule has 0 unspecified atom stereocenters. The first-order chi connectivity index (χ1) is 2.91. The minimum atomic E-state index is 1.00. The molecule has 6 heavy (non-hydrogen) atoms. The SMILES string of the molecule is CCCC.CO. The first-order valence-electron chi connectivity index (χ1n) is 2.36. The van der Waals surface area contributed by atoms with Gasteiger partial charge in [-0.15, -0.1) is 0 Å². The van der Waals surface area contributed by atoms with Crippen molar-refractivity contribution < 1.29 is 5.11 Å². The van der Waals surface area contributed by atoms with E-state index < -0.39 is 0 Å². The maximum absolute atomic E-state index is 7.00. The Morgan fingerprint density at radius 3 is 1.17 bits per heavy atom. The lowest BCUT2D eigenvalue weighted by atomic mass is 10.4. The van der Waals surface area contributed by atoms with E-state index in [-0.39, 0.29) is 0 Å². The molecule has 0 aromatic rings. The molecule has 40 valence electrons. The molecule has 1 heteroatoms. The van der Waals surface area contributed by atoms with E-state index in [1.807, 2.05) is 0 Å². The fraction of sp³-hybridized carbons (Fsp3) is 1.00. The fourth-order valence-electron chi connectivity index (χ4n) is 0. The number of aliphatic hydroxyl groups is 1. The number of hydrogen-bond donors (Lipinski definition) is 1. The normalized spacial score (nSPS) is 6.00. The Hall–Kier alpha value is -0.0400. The second kappa shape index (κ2) is 20.2. The molecule has 0 bridgehead atoms. The molecule has 1 nitrogen and oxygen atoms in total. The summed E-state index contributed by atoms with van der Waals surface area (Å²) in [7, 11) is 1.00. The Balaban J connectivity index is 0. The lowest BCUT2D eigenvalue weighted by molar-refractivity contribution is 0.399. The Morgan fingerprint density at radius 2 is 1.17 bits per heavy atom. The van der Waals surface area contributed by atoms with Gasteiger partial charge in [-0.25, -0.2) is 0 Å². The van der Waals surface area contributed by atoms with Crippen LogP contribution in [0, 0.1) is 0 Å². The molecule has 0 heterocycles. The van der Waals surface area contributed by atoms with Gasteiger partial charge in [0.2, 0.25) is 0 Å². The summed E-state index contributed by atoms with van der Waals surface area (Å²) in [4.78, 5) is 0. The third kappa shape index (κ3) is 37.6. The van der Waals surface area contributed by atoms with Gasteiger partial charge in [0.05, 0.1) is 0 Å². The van der Waals surface area contributed by atoms with Crippen molar-refractivity contribution >= 4 is 0 Å². The zero-order chi connectivity index (χ0) is 5.41. The highest BCUT2D eigenvalue weighted by molar-refractivity contribution is 4.12. The Labute approximate surface area is 40.0 Å². The first kappa shape index (κ1) is 9.35. The second-order valence-corrected chi connectivity index (χ2v) is 1.000. The van der Waals surface area contributed by atoms with Gasteiger partial charge in [-0.05, 0) is 0 Å².